The molecule has 1 saturated heterocycles. The zero-order chi connectivity index (χ0) is 17.7. The molecule has 24 heavy (non-hydrogen) atoms. The van der Waals surface area contributed by atoms with Crippen LogP contribution in [0.4, 0.5) is 4.39 Å². The summed E-state index contributed by atoms with van der Waals surface area (Å²) in [5.74, 6) is 0.0838. The van der Waals surface area contributed by atoms with Crippen molar-refractivity contribution >= 4 is 11.8 Å². The molecular weight excluding hydrogens is 307 g/mol. The van der Waals surface area contributed by atoms with Crippen molar-refractivity contribution in [1.29, 1.82) is 0 Å². The molecule has 1 unspecified atom stereocenters. The molecule has 0 aromatic heterocycles. The molecule has 1 aliphatic rings. The maximum absolute atomic E-state index is 13.6. The molecule has 0 bridgehead atoms. The lowest BCUT2D eigenvalue weighted by Gasteiger charge is -2.22. The van der Waals surface area contributed by atoms with Crippen LogP contribution in [0.5, 0.6) is 0 Å². The van der Waals surface area contributed by atoms with Crippen molar-refractivity contribution in [2.24, 2.45) is 5.92 Å². The highest BCUT2D eigenvalue weighted by molar-refractivity contribution is 5.95. The van der Waals surface area contributed by atoms with E-state index in [1.165, 1.54) is 6.07 Å². The minimum absolute atomic E-state index is 0.0480. The Morgan fingerprint density at radius 2 is 2.12 bits per heavy atom. The predicted octanol–water partition coefficient (Wildman–Crippen LogP) is 3.29. The Labute approximate surface area is 143 Å². The maximum Gasteiger partial charge on any atom is 0.251 e. The summed E-state index contributed by atoms with van der Waals surface area (Å²) < 4.78 is 13.6. The van der Waals surface area contributed by atoms with Crippen molar-refractivity contribution in [2.75, 3.05) is 13.1 Å². The average Bonchev–Trinajstić information content (AvgIpc) is 2.70. The summed E-state index contributed by atoms with van der Waals surface area (Å²) in [4.78, 5) is 26.5. The number of hydrogen-bond donors (Lipinski definition) is 1. The second kappa shape index (κ2) is 8.27. The number of nitrogens with one attached hydrogen (secondary N) is 1. The number of carbonyl (C=O) groups is 2. The van der Waals surface area contributed by atoms with Gasteiger partial charge >= 0.3 is 0 Å². The molecule has 1 heterocycles. The number of carbonyl (C=O) groups excluding carboxylic acids is 2. The van der Waals surface area contributed by atoms with Gasteiger partial charge in [-0.05, 0) is 49.8 Å². The molecule has 4 nitrogen and oxygen atoms in total. The molecule has 1 fully saturated rings. The minimum Gasteiger partial charge on any atom is -0.349 e. The van der Waals surface area contributed by atoms with E-state index < -0.39 is 0 Å². The zero-order valence-electron chi connectivity index (χ0n) is 14.8. The predicted molar refractivity (Wildman–Crippen MR) is 92.3 cm³/mol. The highest BCUT2D eigenvalue weighted by Crippen LogP contribution is 2.16. The van der Waals surface area contributed by atoms with E-state index in [-0.39, 0.29) is 23.7 Å². The molecule has 1 N–H and O–H groups in total. The first-order valence-electron chi connectivity index (χ1n) is 8.72. The molecule has 2 rings (SSSR count). The molecule has 132 valence electrons. The van der Waals surface area contributed by atoms with Gasteiger partial charge in [-0.3, -0.25) is 9.59 Å². The summed E-state index contributed by atoms with van der Waals surface area (Å²) >= 11 is 0. The molecule has 5 heteroatoms. The van der Waals surface area contributed by atoms with Crippen LogP contribution in [0.3, 0.4) is 0 Å². The first kappa shape index (κ1) is 18.4. The number of rotatable bonds is 5. The quantitative estimate of drug-likeness (QED) is 0.898. The lowest BCUT2D eigenvalue weighted by molar-refractivity contribution is -0.130. The van der Waals surface area contributed by atoms with Crippen molar-refractivity contribution in [2.45, 2.75) is 52.5 Å². The van der Waals surface area contributed by atoms with Gasteiger partial charge in [0.15, 0.2) is 0 Å². The second-order valence-corrected chi connectivity index (χ2v) is 6.97. The van der Waals surface area contributed by atoms with Gasteiger partial charge in [-0.1, -0.05) is 19.9 Å². The van der Waals surface area contributed by atoms with Crippen LogP contribution in [0, 0.1) is 18.7 Å². The highest BCUT2D eigenvalue weighted by Gasteiger charge is 2.24. The van der Waals surface area contributed by atoms with Gasteiger partial charge in [-0.15, -0.1) is 0 Å². The van der Waals surface area contributed by atoms with Gasteiger partial charge in [0.05, 0.1) is 0 Å². The molecular formula is C19H27FN2O2. The SMILES string of the molecule is Cc1c(F)cccc1C(=O)NC1CCC(=O)N(CCC(C)C)CC1. The van der Waals surface area contributed by atoms with E-state index in [4.69, 9.17) is 0 Å². The smallest absolute Gasteiger partial charge is 0.251 e. The zero-order valence-corrected chi connectivity index (χ0v) is 14.8. The van der Waals surface area contributed by atoms with Gasteiger partial charge in [0, 0.05) is 31.1 Å². The largest absolute Gasteiger partial charge is 0.349 e. The average molecular weight is 334 g/mol. The Balaban J connectivity index is 1.95. The van der Waals surface area contributed by atoms with Crippen LogP contribution in [0.2, 0.25) is 0 Å². The first-order valence-corrected chi connectivity index (χ1v) is 8.72. The van der Waals surface area contributed by atoms with E-state index in [9.17, 15) is 14.0 Å². The van der Waals surface area contributed by atoms with Crippen LogP contribution in [-0.2, 0) is 4.79 Å². The third kappa shape index (κ3) is 4.79. The Kier molecular flexibility index (Phi) is 6.35. The molecule has 0 saturated carbocycles. The standard InChI is InChI=1S/C19H27FN2O2/c1-13(2)9-11-22-12-10-15(7-8-18(22)23)21-19(24)16-5-4-6-17(20)14(16)3/h4-6,13,15H,7-12H2,1-3H3,(H,21,24). The highest BCUT2D eigenvalue weighted by atomic mass is 19.1. The number of hydrogen-bond acceptors (Lipinski definition) is 2. The summed E-state index contributed by atoms with van der Waals surface area (Å²) in [5.41, 5.74) is 0.723. The molecule has 1 aromatic carbocycles. The van der Waals surface area contributed by atoms with Gasteiger partial charge < -0.3 is 10.2 Å². The fourth-order valence-corrected chi connectivity index (χ4v) is 2.95. The van der Waals surface area contributed by atoms with E-state index in [1.807, 2.05) is 4.90 Å². The summed E-state index contributed by atoms with van der Waals surface area (Å²) in [6, 6.07) is 4.47. The van der Waals surface area contributed by atoms with Crippen molar-refractivity contribution in [1.82, 2.24) is 10.2 Å². The maximum atomic E-state index is 13.6. The lowest BCUT2D eigenvalue weighted by Crippen LogP contribution is -2.36. The first-order chi connectivity index (χ1) is 11.4. The van der Waals surface area contributed by atoms with Crippen LogP contribution < -0.4 is 5.32 Å². The number of likely N-dealkylation sites (tertiary alicyclic amines) is 1. The summed E-state index contributed by atoms with van der Waals surface area (Å²) in [5, 5.41) is 2.96. The second-order valence-electron chi connectivity index (χ2n) is 6.97. The van der Waals surface area contributed by atoms with Crippen molar-refractivity contribution in [3.05, 3.63) is 35.1 Å². The number of benzene rings is 1. The monoisotopic (exact) mass is 334 g/mol. The minimum atomic E-state index is -0.376. The summed E-state index contributed by atoms with van der Waals surface area (Å²) in [7, 11) is 0. The van der Waals surface area contributed by atoms with Crippen LogP contribution in [0.1, 0.15) is 55.5 Å². The van der Waals surface area contributed by atoms with Crippen LogP contribution in [0.15, 0.2) is 18.2 Å². The van der Waals surface area contributed by atoms with Crippen LogP contribution in [-0.4, -0.2) is 35.8 Å². The van der Waals surface area contributed by atoms with E-state index in [2.05, 4.69) is 19.2 Å². The molecule has 1 aromatic rings. The molecule has 0 radical (unpaired) electrons. The van der Waals surface area contributed by atoms with Crippen LogP contribution >= 0.6 is 0 Å². The molecule has 0 spiro atoms. The van der Waals surface area contributed by atoms with Crippen molar-refractivity contribution < 1.29 is 14.0 Å². The molecule has 2 amide bonds. The fourth-order valence-electron chi connectivity index (χ4n) is 2.95. The Morgan fingerprint density at radius 1 is 1.38 bits per heavy atom. The van der Waals surface area contributed by atoms with E-state index in [0.29, 0.717) is 36.4 Å². The van der Waals surface area contributed by atoms with Gasteiger partial charge in [-0.25, -0.2) is 4.39 Å². The van der Waals surface area contributed by atoms with E-state index in [1.54, 1.807) is 19.1 Å². The Morgan fingerprint density at radius 3 is 2.83 bits per heavy atom. The van der Waals surface area contributed by atoms with Gasteiger partial charge in [0.25, 0.3) is 5.91 Å². The Bertz CT molecular complexity index is 601. The fraction of sp³-hybridized carbons (Fsp3) is 0.579. The summed E-state index contributed by atoms with van der Waals surface area (Å²) in [6.07, 6.45) is 2.82. The van der Waals surface area contributed by atoms with Gasteiger partial charge in [-0.2, -0.15) is 0 Å². The third-order valence-corrected chi connectivity index (χ3v) is 4.63. The Hall–Kier alpha value is -1.91. The summed E-state index contributed by atoms with van der Waals surface area (Å²) in [6.45, 7) is 7.34. The van der Waals surface area contributed by atoms with Crippen LogP contribution in [0.25, 0.3) is 0 Å². The van der Waals surface area contributed by atoms with Gasteiger partial charge in [0.1, 0.15) is 5.82 Å². The van der Waals surface area contributed by atoms with E-state index >= 15 is 0 Å². The topological polar surface area (TPSA) is 49.4 Å². The lowest BCUT2D eigenvalue weighted by atomic mass is 10.1. The third-order valence-electron chi connectivity index (χ3n) is 4.63. The van der Waals surface area contributed by atoms with Crippen molar-refractivity contribution in [3.63, 3.8) is 0 Å². The number of halogens is 1. The number of nitrogens with zero attached hydrogens (tertiary/aromatic N) is 1. The molecule has 1 aliphatic heterocycles. The van der Waals surface area contributed by atoms with Crippen molar-refractivity contribution in [3.8, 4) is 0 Å². The normalized spacial score (nSPS) is 18.6. The molecule has 1 atom stereocenters. The molecule has 0 aliphatic carbocycles. The van der Waals surface area contributed by atoms with Gasteiger partial charge in [0.2, 0.25) is 5.91 Å². The van der Waals surface area contributed by atoms with E-state index in [0.717, 1.165) is 19.4 Å². The number of amides is 2.